The summed E-state index contributed by atoms with van der Waals surface area (Å²) in [7, 11) is 0. The quantitative estimate of drug-likeness (QED) is 0.657. The summed E-state index contributed by atoms with van der Waals surface area (Å²) in [6.45, 7) is 1.66. The summed E-state index contributed by atoms with van der Waals surface area (Å²) in [5.74, 6) is 0. The Balaban J connectivity index is 2.23. The Morgan fingerprint density at radius 3 is 2.69 bits per heavy atom. The lowest BCUT2D eigenvalue weighted by atomic mass is 10.0. The summed E-state index contributed by atoms with van der Waals surface area (Å²) in [4.78, 5) is 0. The van der Waals surface area contributed by atoms with Crippen LogP contribution in [0.25, 0.3) is 0 Å². The molecule has 0 amide bonds. The molecule has 1 atom stereocenters. The zero-order valence-electron chi connectivity index (χ0n) is 7.36. The second-order valence-electron chi connectivity index (χ2n) is 3.21. The molecule has 1 heterocycles. The molecule has 70 valence electrons. The molecule has 3 heteroatoms. The number of ether oxygens (including phenoxy) is 1. The van der Waals surface area contributed by atoms with Crippen molar-refractivity contribution in [2.24, 2.45) is 0 Å². The summed E-state index contributed by atoms with van der Waals surface area (Å²) in [5, 5.41) is 13.1. The summed E-state index contributed by atoms with van der Waals surface area (Å²) in [6.07, 6.45) is 0. The van der Waals surface area contributed by atoms with Crippen molar-refractivity contribution < 1.29 is 9.84 Å². The van der Waals surface area contributed by atoms with Crippen molar-refractivity contribution in [3.63, 3.8) is 0 Å². The van der Waals surface area contributed by atoms with Gasteiger partial charge in [0, 0.05) is 12.1 Å². The molecule has 1 aromatic rings. The van der Waals surface area contributed by atoms with E-state index in [1.165, 1.54) is 0 Å². The molecule has 0 aliphatic carbocycles. The highest BCUT2D eigenvalue weighted by Crippen LogP contribution is 2.19. The molecule has 2 rings (SSSR count). The van der Waals surface area contributed by atoms with Crippen LogP contribution in [0, 0.1) is 0 Å². The molecule has 0 aromatic heterocycles. The molecule has 1 aliphatic rings. The molecule has 1 aliphatic heterocycles. The van der Waals surface area contributed by atoms with Crippen molar-refractivity contribution in [2.75, 3.05) is 19.8 Å². The minimum Gasteiger partial charge on any atom is -0.375 e. The molecule has 1 saturated heterocycles. The maximum Gasteiger partial charge on any atom is 0.165 e. The van der Waals surface area contributed by atoms with Crippen LogP contribution in [0.15, 0.2) is 30.3 Å². The molecule has 1 aromatic carbocycles. The van der Waals surface area contributed by atoms with Gasteiger partial charge in [-0.2, -0.15) is 0 Å². The second-order valence-corrected chi connectivity index (χ2v) is 3.21. The van der Waals surface area contributed by atoms with Gasteiger partial charge < -0.3 is 9.84 Å². The number of nitrogens with one attached hydrogen (secondary N) is 1. The third kappa shape index (κ3) is 1.72. The maximum atomic E-state index is 10.1. The fourth-order valence-electron chi connectivity index (χ4n) is 1.50. The SMILES string of the molecule is OC1(c2ccccc2)COCCN1. The molecule has 0 radical (unpaired) electrons. The first-order chi connectivity index (χ1) is 6.31. The molecular formula is C10H13NO2. The van der Waals surface area contributed by atoms with E-state index in [0.29, 0.717) is 19.8 Å². The van der Waals surface area contributed by atoms with Gasteiger partial charge in [0.05, 0.1) is 13.2 Å². The molecule has 0 bridgehead atoms. The van der Waals surface area contributed by atoms with Crippen molar-refractivity contribution in [1.82, 2.24) is 5.32 Å². The van der Waals surface area contributed by atoms with Gasteiger partial charge in [0.1, 0.15) is 0 Å². The van der Waals surface area contributed by atoms with Crippen LogP contribution in [0.5, 0.6) is 0 Å². The fourth-order valence-corrected chi connectivity index (χ4v) is 1.50. The molecule has 2 N–H and O–H groups in total. The van der Waals surface area contributed by atoms with Gasteiger partial charge in [-0.1, -0.05) is 30.3 Å². The highest BCUT2D eigenvalue weighted by molar-refractivity contribution is 5.21. The van der Waals surface area contributed by atoms with Gasteiger partial charge in [0.25, 0.3) is 0 Å². The Bertz CT molecular complexity index is 268. The topological polar surface area (TPSA) is 41.5 Å². The first-order valence-electron chi connectivity index (χ1n) is 4.42. The summed E-state index contributed by atoms with van der Waals surface area (Å²) < 4.78 is 5.23. The average Bonchev–Trinajstić information content (AvgIpc) is 2.20. The lowest BCUT2D eigenvalue weighted by Crippen LogP contribution is -2.51. The van der Waals surface area contributed by atoms with Crippen molar-refractivity contribution in [3.05, 3.63) is 35.9 Å². The molecule has 1 unspecified atom stereocenters. The van der Waals surface area contributed by atoms with Crippen LogP contribution in [0.1, 0.15) is 5.56 Å². The van der Waals surface area contributed by atoms with Crippen LogP contribution in [0.4, 0.5) is 0 Å². The van der Waals surface area contributed by atoms with Gasteiger partial charge in [-0.25, -0.2) is 0 Å². The Labute approximate surface area is 77.3 Å². The minimum atomic E-state index is -1.00. The predicted molar refractivity (Wildman–Crippen MR) is 49.2 cm³/mol. The van der Waals surface area contributed by atoms with Crippen molar-refractivity contribution in [1.29, 1.82) is 0 Å². The standard InChI is InChI=1S/C10H13NO2/c12-10(8-13-7-6-11-10)9-4-2-1-3-5-9/h1-5,11-12H,6-8H2. The van der Waals surface area contributed by atoms with Crippen LogP contribution in [-0.4, -0.2) is 24.9 Å². The summed E-state index contributed by atoms with van der Waals surface area (Å²) in [5.41, 5.74) is -0.144. The highest BCUT2D eigenvalue weighted by Gasteiger charge is 2.31. The predicted octanol–water partition coefficient (Wildman–Crippen LogP) is 0.451. The van der Waals surface area contributed by atoms with E-state index >= 15 is 0 Å². The average molecular weight is 179 g/mol. The number of aliphatic hydroxyl groups is 1. The Kier molecular flexibility index (Phi) is 2.31. The Hall–Kier alpha value is -0.900. The van der Waals surface area contributed by atoms with Crippen LogP contribution < -0.4 is 5.32 Å². The molecule has 0 saturated carbocycles. The van der Waals surface area contributed by atoms with Crippen molar-refractivity contribution in [3.8, 4) is 0 Å². The van der Waals surface area contributed by atoms with E-state index < -0.39 is 5.72 Å². The number of hydrogen-bond acceptors (Lipinski definition) is 3. The zero-order chi connectivity index (χ0) is 9.15. The van der Waals surface area contributed by atoms with E-state index in [-0.39, 0.29) is 0 Å². The van der Waals surface area contributed by atoms with E-state index in [1.807, 2.05) is 30.3 Å². The van der Waals surface area contributed by atoms with E-state index in [0.717, 1.165) is 5.56 Å². The van der Waals surface area contributed by atoms with E-state index in [1.54, 1.807) is 0 Å². The van der Waals surface area contributed by atoms with Gasteiger partial charge in [-0.05, 0) is 0 Å². The van der Waals surface area contributed by atoms with Gasteiger partial charge in [0.2, 0.25) is 0 Å². The minimum absolute atomic E-state index is 0.316. The largest absolute Gasteiger partial charge is 0.375 e. The van der Waals surface area contributed by atoms with Crippen LogP contribution >= 0.6 is 0 Å². The highest BCUT2D eigenvalue weighted by atomic mass is 16.5. The number of benzene rings is 1. The monoisotopic (exact) mass is 179 g/mol. The maximum absolute atomic E-state index is 10.1. The van der Waals surface area contributed by atoms with Gasteiger partial charge in [0.15, 0.2) is 5.72 Å². The molecule has 13 heavy (non-hydrogen) atoms. The normalized spacial score (nSPS) is 28.7. The first kappa shape index (κ1) is 8.69. The van der Waals surface area contributed by atoms with Gasteiger partial charge in [-0.15, -0.1) is 0 Å². The summed E-state index contributed by atoms with van der Waals surface area (Å²) in [6, 6.07) is 9.52. The molecule has 3 nitrogen and oxygen atoms in total. The van der Waals surface area contributed by atoms with E-state index in [4.69, 9.17) is 4.74 Å². The lowest BCUT2D eigenvalue weighted by Gasteiger charge is -2.33. The van der Waals surface area contributed by atoms with Crippen LogP contribution in [0.3, 0.4) is 0 Å². The van der Waals surface area contributed by atoms with Gasteiger partial charge >= 0.3 is 0 Å². The second kappa shape index (κ2) is 3.46. The fraction of sp³-hybridized carbons (Fsp3) is 0.400. The smallest absolute Gasteiger partial charge is 0.165 e. The lowest BCUT2D eigenvalue weighted by molar-refractivity contribution is -0.106. The van der Waals surface area contributed by atoms with Crippen LogP contribution in [-0.2, 0) is 10.5 Å². The molecule has 1 fully saturated rings. The Morgan fingerprint density at radius 2 is 2.08 bits per heavy atom. The zero-order valence-corrected chi connectivity index (χ0v) is 7.36. The van der Waals surface area contributed by atoms with Crippen molar-refractivity contribution in [2.45, 2.75) is 5.72 Å². The number of hydrogen-bond donors (Lipinski definition) is 2. The third-order valence-corrected chi connectivity index (χ3v) is 2.23. The van der Waals surface area contributed by atoms with Gasteiger partial charge in [-0.3, -0.25) is 5.32 Å². The summed E-state index contributed by atoms with van der Waals surface area (Å²) >= 11 is 0. The van der Waals surface area contributed by atoms with Crippen molar-refractivity contribution >= 4 is 0 Å². The molecular weight excluding hydrogens is 166 g/mol. The first-order valence-corrected chi connectivity index (χ1v) is 4.42. The third-order valence-electron chi connectivity index (χ3n) is 2.23. The van der Waals surface area contributed by atoms with E-state index in [9.17, 15) is 5.11 Å². The van der Waals surface area contributed by atoms with E-state index in [2.05, 4.69) is 5.32 Å². The number of morpholine rings is 1. The number of rotatable bonds is 1. The molecule has 0 spiro atoms. The Morgan fingerprint density at radius 1 is 1.31 bits per heavy atom. The van der Waals surface area contributed by atoms with Crippen LogP contribution in [0.2, 0.25) is 0 Å².